The molecular weight excluding hydrogens is 260 g/mol. The lowest BCUT2D eigenvalue weighted by molar-refractivity contribution is -0.141. The van der Waals surface area contributed by atoms with Crippen LogP contribution in [-0.2, 0) is 9.53 Å². The van der Waals surface area contributed by atoms with Gasteiger partial charge in [-0.1, -0.05) is 13.3 Å². The molecule has 116 valence electrons. The summed E-state index contributed by atoms with van der Waals surface area (Å²) in [6.45, 7) is 5.97. The minimum absolute atomic E-state index is 0.117. The van der Waals surface area contributed by atoms with Gasteiger partial charge in [0.2, 0.25) is 0 Å². The SMILES string of the molecule is CCCC(CNC(=O)N(CC)CC1CCCO1)C(=O)O. The molecule has 0 radical (unpaired) electrons. The number of carboxylic acid groups (broad SMARTS) is 1. The Bertz CT molecular complexity index is 316. The van der Waals surface area contributed by atoms with Crippen LogP contribution >= 0.6 is 0 Å². The molecule has 2 unspecified atom stereocenters. The van der Waals surface area contributed by atoms with Crippen molar-refractivity contribution in [3.05, 3.63) is 0 Å². The van der Waals surface area contributed by atoms with Crippen molar-refractivity contribution in [3.8, 4) is 0 Å². The number of carboxylic acids is 1. The summed E-state index contributed by atoms with van der Waals surface area (Å²) in [5.41, 5.74) is 0. The Balaban J connectivity index is 2.39. The van der Waals surface area contributed by atoms with Gasteiger partial charge in [-0.05, 0) is 26.2 Å². The van der Waals surface area contributed by atoms with Gasteiger partial charge < -0.3 is 20.1 Å². The largest absolute Gasteiger partial charge is 0.481 e. The first-order valence-corrected chi connectivity index (χ1v) is 7.45. The van der Waals surface area contributed by atoms with Crippen LogP contribution in [0.1, 0.15) is 39.5 Å². The Labute approximate surface area is 120 Å². The number of urea groups is 1. The third-order valence-corrected chi connectivity index (χ3v) is 3.60. The second-order valence-electron chi connectivity index (χ2n) is 5.18. The Kier molecular flexibility index (Phi) is 7.36. The van der Waals surface area contributed by atoms with E-state index in [1.54, 1.807) is 4.90 Å². The first kappa shape index (κ1) is 16.8. The average molecular weight is 286 g/mol. The van der Waals surface area contributed by atoms with Gasteiger partial charge in [-0.3, -0.25) is 4.79 Å². The minimum Gasteiger partial charge on any atom is -0.481 e. The van der Waals surface area contributed by atoms with Crippen LogP contribution in [0.4, 0.5) is 4.79 Å². The summed E-state index contributed by atoms with van der Waals surface area (Å²) in [4.78, 5) is 24.8. The Hall–Kier alpha value is -1.30. The highest BCUT2D eigenvalue weighted by Crippen LogP contribution is 2.13. The van der Waals surface area contributed by atoms with E-state index in [-0.39, 0.29) is 18.7 Å². The standard InChI is InChI=1S/C14H26N2O4/c1-3-6-11(13(17)18)9-15-14(19)16(4-2)10-12-7-5-8-20-12/h11-12H,3-10H2,1-2H3,(H,15,19)(H,17,18). The molecular formula is C14H26N2O4. The summed E-state index contributed by atoms with van der Waals surface area (Å²) in [6, 6.07) is -0.203. The summed E-state index contributed by atoms with van der Waals surface area (Å²) in [7, 11) is 0. The molecule has 0 aromatic rings. The Morgan fingerprint density at radius 1 is 1.45 bits per heavy atom. The molecule has 2 atom stereocenters. The van der Waals surface area contributed by atoms with Crippen molar-refractivity contribution in [1.82, 2.24) is 10.2 Å². The summed E-state index contributed by atoms with van der Waals surface area (Å²) < 4.78 is 5.52. The first-order chi connectivity index (χ1) is 9.58. The van der Waals surface area contributed by atoms with Gasteiger partial charge in [-0.2, -0.15) is 0 Å². The highest BCUT2D eigenvalue weighted by atomic mass is 16.5. The van der Waals surface area contributed by atoms with Crippen molar-refractivity contribution in [3.63, 3.8) is 0 Å². The lowest BCUT2D eigenvalue weighted by atomic mass is 10.0. The van der Waals surface area contributed by atoms with Gasteiger partial charge in [0.25, 0.3) is 0 Å². The van der Waals surface area contributed by atoms with E-state index in [1.165, 1.54) is 0 Å². The van der Waals surface area contributed by atoms with Crippen molar-refractivity contribution in [2.75, 3.05) is 26.2 Å². The summed E-state index contributed by atoms with van der Waals surface area (Å²) in [5.74, 6) is -1.36. The molecule has 6 nitrogen and oxygen atoms in total. The maximum atomic E-state index is 12.1. The van der Waals surface area contributed by atoms with Crippen LogP contribution in [0.25, 0.3) is 0 Å². The van der Waals surface area contributed by atoms with Gasteiger partial charge in [0, 0.05) is 26.2 Å². The average Bonchev–Trinajstić information content (AvgIpc) is 2.93. The number of rotatable bonds is 8. The van der Waals surface area contributed by atoms with Gasteiger partial charge in [0.1, 0.15) is 0 Å². The number of amides is 2. The van der Waals surface area contributed by atoms with Crippen LogP contribution in [0.15, 0.2) is 0 Å². The van der Waals surface area contributed by atoms with E-state index >= 15 is 0 Å². The van der Waals surface area contributed by atoms with Crippen molar-refractivity contribution in [1.29, 1.82) is 0 Å². The first-order valence-electron chi connectivity index (χ1n) is 7.45. The second-order valence-corrected chi connectivity index (χ2v) is 5.18. The molecule has 1 rings (SSSR count). The van der Waals surface area contributed by atoms with Crippen molar-refractivity contribution in [2.45, 2.75) is 45.6 Å². The van der Waals surface area contributed by atoms with Gasteiger partial charge in [-0.15, -0.1) is 0 Å². The highest BCUT2D eigenvalue weighted by Gasteiger charge is 2.23. The van der Waals surface area contributed by atoms with Gasteiger partial charge >= 0.3 is 12.0 Å². The predicted octanol–water partition coefficient (Wildman–Crippen LogP) is 1.70. The van der Waals surface area contributed by atoms with Crippen LogP contribution in [-0.4, -0.2) is 54.4 Å². The van der Waals surface area contributed by atoms with Crippen molar-refractivity contribution < 1.29 is 19.4 Å². The number of carbonyl (C=O) groups is 2. The molecule has 1 aliphatic heterocycles. The fourth-order valence-electron chi connectivity index (χ4n) is 2.37. The zero-order valence-electron chi connectivity index (χ0n) is 12.4. The third kappa shape index (κ3) is 5.36. The Morgan fingerprint density at radius 3 is 2.70 bits per heavy atom. The molecule has 0 aromatic heterocycles. The van der Waals surface area contributed by atoms with E-state index < -0.39 is 11.9 Å². The summed E-state index contributed by atoms with van der Waals surface area (Å²) in [6.07, 6.45) is 3.51. The molecule has 6 heteroatoms. The van der Waals surface area contributed by atoms with Crippen molar-refractivity contribution >= 4 is 12.0 Å². The fraction of sp³-hybridized carbons (Fsp3) is 0.857. The zero-order chi connectivity index (χ0) is 15.0. The van der Waals surface area contributed by atoms with E-state index in [1.807, 2.05) is 13.8 Å². The lowest BCUT2D eigenvalue weighted by Crippen LogP contribution is -2.45. The molecule has 0 bridgehead atoms. The van der Waals surface area contributed by atoms with E-state index in [0.717, 1.165) is 25.9 Å². The molecule has 0 spiro atoms. The van der Waals surface area contributed by atoms with E-state index in [2.05, 4.69) is 5.32 Å². The molecule has 20 heavy (non-hydrogen) atoms. The fourth-order valence-corrected chi connectivity index (χ4v) is 2.37. The number of hydrogen-bond acceptors (Lipinski definition) is 3. The topological polar surface area (TPSA) is 78.9 Å². The van der Waals surface area contributed by atoms with Gasteiger partial charge in [-0.25, -0.2) is 4.79 Å². The molecule has 0 aromatic carbocycles. The quantitative estimate of drug-likeness (QED) is 0.712. The monoisotopic (exact) mass is 286 g/mol. The molecule has 2 amide bonds. The number of ether oxygens (including phenoxy) is 1. The maximum Gasteiger partial charge on any atom is 0.317 e. The molecule has 2 N–H and O–H groups in total. The summed E-state index contributed by atoms with van der Waals surface area (Å²) >= 11 is 0. The van der Waals surface area contributed by atoms with E-state index in [0.29, 0.717) is 19.5 Å². The molecule has 0 aliphatic carbocycles. The van der Waals surface area contributed by atoms with Crippen molar-refractivity contribution in [2.24, 2.45) is 5.92 Å². The van der Waals surface area contributed by atoms with Crippen LogP contribution in [0.2, 0.25) is 0 Å². The number of nitrogens with zero attached hydrogens (tertiary/aromatic N) is 1. The van der Waals surface area contributed by atoms with Crippen LogP contribution in [0.3, 0.4) is 0 Å². The molecule has 1 fully saturated rings. The zero-order valence-corrected chi connectivity index (χ0v) is 12.4. The van der Waals surface area contributed by atoms with Crippen LogP contribution in [0.5, 0.6) is 0 Å². The van der Waals surface area contributed by atoms with Crippen LogP contribution < -0.4 is 5.32 Å². The molecule has 1 aliphatic rings. The molecule has 0 saturated carbocycles. The van der Waals surface area contributed by atoms with E-state index in [9.17, 15) is 9.59 Å². The predicted molar refractivity (Wildman–Crippen MR) is 75.7 cm³/mol. The smallest absolute Gasteiger partial charge is 0.317 e. The maximum absolute atomic E-state index is 12.1. The number of aliphatic carboxylic acids is 1. The van der Waals surface area contributed by atoms with Gasteiger partial charge in [0.05, 0.1) is 12.0 Å². The number of likely N-dealkylation sites (N-methyl/N-ethyl adjacent to an activating group) is 1. The number of hydrogen-bond donors (Lipinski definition) is 2. The van der Waals surface area contributed by atoms with Crippen LogP contribution in [0, 0.1) is 5.92 Å². The second kappa shape index (κ2) is 8.79. The highest BCUT2D eigenvalue weighted by molar-refractivity contribution is 5.76. The normalized spacial score (nSPS) is 19.6. The third-order valence-electron chi connectivity index (χ3n) is 3.60. The minimum atomic E-state index is -0.852. The lowest BCUT2D eigenvalue weighted by Gasteiger charge is -2.25. The molecule has 1 saturated heterocycles. The van der Waals surface area contributed by atoms with Gasteiger partial charge in [0.15, 0.2) is 0 Å². The van der Waals surface area contributed by atoms with E-state index in [4.69, 9.17) is 9.84 Å². The summed E-state index contributed by atoms with van der Waals surface area (Å²) in [5, 5.41) is 11.8. The number of carbonyl (C=O) groups excluding carboxylic acids is 1. The number of nitrogens with one attached hydrogen (secondary N) is 1. The Morgan fingerprint density at radius 2 is 2.20 bits per heavy atom. The molecule has 1 heterocycles.